The molecule has 4 heteroatoms. The van der Waals surface area contributed by atoms with Crippen LogP contribution in [0.4, 0.5) is 10.5 Å². The minimum absolute atomic E-state index is 0.223. The van der Waals surface area contributed by atoms with Gasteiger partial charge in [0, 0.05) is 0 Å². The Morgan fingerprint density at radius 3 is 2.81 bits per heavy atom. The molecule has 16 heavy (non-hydrogen) atoms. The highest BCUT2D eigenvalue weighted by atomic mass is 16.6. The zero-order valence-electron chi connectivity index (χ0n) is 9.27. The molecule has 1 aromatic rings. The second-order valence-corrected chi connectivity index (χ2v) is 3.65. The van der Waals surface area contributed by atoms with Gasteiger partial charge in [-0.25, -0.2) is 9.69 Å². The lowest BCUT2D eigenvalue weighted by Crippen LogP contribution is -2.35. The maximum absolute atomic E-state index is 11.9. The SMILES string of the molecule is CCOC(=O)N1C(=O)C(C)c2ccccc21. The van der Waals surface area contributed by atoms with Gasteiger partial charge in [-0.3, -0.25) is 4.79 Å². The average Bonchev–Trinajstić information content (AvgIpc) is 2.53. The van der Waals surface area contributed by atoms with Crippen LogP contribution in [0.25, 0.3) is 0 Å². The fraction of sp³-hybridized carbons (Fsp3) is 0.333. The Labute approximate surface area is 93.8 Å². The van der Waals surface area contributed by atoms with E-state index in [1.54, 1.807) is 26.0 Å². The zero-order valence-corrected chi connectivity index (χ0v) is 9.27. The molecule has 0 radical (unpaired) electrons. The van der Waals surface area contributed by atoms with Gasteiger partial charge in [-0.15, -0.1) is 0 Å². The summed E-state index contributed by atoms with van der Waals surface area (Å²) in [5.74, 6) is -0.500. The number of ether oxygens (including phenoxy) is 1. The van der Waals surface area contributed by atoms with Gasteiger partial charge in [-0.05, 0) is 25.5 Å². The van der Waals surface area contributed by atoms with E-state index in [4.69, 9.17) is 4.74 Å². The minimum Gasteiger partial charge on any atom is -0.449 e. The molecular formula is C12H13NO3. The smallest absolute Gasteiger partial charge is 0.421 e. The summed E-state index contributed by atoms with van der Waals surface area (Å²) in [4.78, 5) is 24.7. The summed E-state index contributed by atoms with van der Waals surface area (Å²) < 4.78 is 4.87. The number of benzene rings is 1. The van der Waals surface area contributed by atoms with Crippen molar-refractivity contribution in [1.29, 1.82) is 0 Å². The van der Waals surface area contributed by atoms with Crippen LogP contribution in [0.15, 0.2) is 24.3 Å². The predicted octanol–water partition coefficient (Wildman–Crippen LogP) is 2.29. The molecule has 1 aromatic carbocycles. The summed E-state index contributed by atoms with van der Waals surface area (Å²) in [7, 11) is 0. The van der Waals surface area contributed by atoms with Gasteiger partial charge in [0.15, 0.2) is 0 Å². The number of anilines is 1. The number of carbonyl (C=O) groups is 2. The molecule has 0 fully saturated rings. The summed E-state index contributed by atoms with van der Waals surface area (Å²) >= 11 is 0. The third-order valence-corrected chi connectivity index (χ3v) is 2.69. The molecule has 0 aliphatic carbocycles. The van der Waals surface area contributed by atoms with E-state index in [0.717, 1.165) is 10.5 Å². The van der Waals surface area contributed by atoms with E-state index in [0.29, 0.717) is 5.69 Å². The van der Waals surface area contributed by atoms with Gasteiger partial charge in [0.25, 0.3) is 0 Å². The van der Waals surface area contributed by atoms with E-state index in [1.165, 1.54) is 0 Å². The van der Waals surface area contributed by atoms with Gasteiger partial charge >= 0.3 is 6.09 Å². The van der Waals surface area contributed by atoms with E-state index >= 15 is 0 Å². The summed E-state index contributed by atoms with van der Waals surface area (Å²) in [6.45, 7) is 3.77. The summed E-state index contributed by atoms with van der Waals surface area (Å²) in [6.07, 6.45) is -0.593. The molecule has 1 atom stereocenters. The molecule has 0 spiro atoms. The van der Waals surface area contributed by atoms with Crippen molar-refractivity contribution >= 4 is 17.7 Å². The normalized spacial score (nSPS) is 18.5. The molecule has 0 saturated heterocycles. The molecule has 1 aliphatic heterocycles. The molecule has 1 unspecified atom stereocenters. The van der Waals surface area contributed by atoms with Crippen LogP contribution in [0.3, 0.4) is 0 Å². The molecule has 0 N–H and O–H groups in total. The molecule has 2 amide bonds. The first-order valence-corrected chi connectivity index (χ1v) is 5.26. The number of carbonyl (C=O) groups excluding carboxylic acids is 2. The van der Waals surface area contributed by atoms with Crippen molar-refractivity contribution in [3.05, 3.63) is 29.8 Å². The van der Waals surface area contributed by atoms with Crippen LogP contribution >= 0.6 is 0 Å². The topological polar surface area (TPSA) is 46.6 Å². The highest BCUT2D eigenvalue weighted by Crippen LogP contribution is 2.36. The Bertz CT molecular complexity index is 442. The third kappa shape index (κ3) is 1.46. The predicted molar refractivity (Wildman–Crippen MR) is 59.4 cm³/mol. The number of imide groups is 1. The second-order valence-electron chi connectivity index (χ2n) is 3.65. The van der Waals surface area contributed by atoms with Crippen LogP contribution in [0.2, 0.25) is 0 Å². The molecule has 0 bridgehead atoms. The van der Waals surface area contributed by atoms with Gasteiger partial charge in [-0.2, -0.15) is 0 Å². The van der Waals surface area contributed by atoms with Crippen LogP contribution in [0.1, 0.15) is 25.3 Å². The van der Waals surface area contributed by atoms with Gasteiger partial charge in [0.1, 0.15) is 0 Å². The highest BCUT2D eigenvalue weighted by molar-refractivity contribution is 6.18. The van der Waals surface area contributed by atoms with Crippen molar-refractivity contribution in [2.45, 2.75) is 19.8 Å². The van der Waals surface area contributed by atoms with Gasteiger partial charge < -0.3 is 4.74 Å². The Morgan fingerprint density at radius 1 is 1.44 bits per heavy atom. The van der Waals surface area contributed by atoms with Gasteiger partial charge in [0.2, 0.25) is 5.91 Å². The second kappa shape index (κ2) is 3.96. The largest absolute Gasteiger partial charge is 0.449 e. The number of rotatable bonds is 1. The molecule has 1 heterocycles. The fourth-order valence-corrected chi connectivity index (χ4v) is 1.88. The summed E-state index contributed by atoms with van der Waals surface area (Å²) in [6, 6.07) is 7.28. The first-order chi connectivity index (χ1) is 7.66. The highest BCUT2D eigenvalue weighted by Gasteiger charge is 2.38. The van der Waals surface area contributed by atoms with Crippen molar-refractivity contribution in [3.8, 4) is 0 Å². The molecule has 0 saturated carbocycles. The number of fused-ring (bicyclic) bond motifs is 1. The first-order valence-electron chi connectivity index (χ1n) is 5.26. The van der Waals surface area contributed by atoms with Crippen LogP contribution in [-0.2, 0) is 9.53 Å². The summed E-state index contributed by atoms with van der Waals surface area (Å²) in [5, 5.41) is 0. The van der Waals surface area contributed by atoms with Gasteiger partial charge in [0.05, 0.1) is 18.2 Å². The molecule has 2 rings (SSSR count). The monoisotopic (exact) mass is 219 g/mol. The first kappa shape index (κ1) is 10.7. The van der Waals surface area contributed by atoms with Crippen molar-refractivity contribution in [2.75, 3.05) is 11.5 Å². The number of hydrogen-bond donors (Lipinski definition) is 0. The third-order valence-electron chi connectivity index (χ3n) is 2.69. The minimum atomic E-state index is -0.593. The Kier molecular flexibility index (Phi) is 2.64. The van der Waals surface area contributed by atoms with Crippen LogP contribution in [-0.4, -0.2) is 18.6 Å². The van der Waals surface area contributed by atoms with Gasteiger partial charge in [-0.1, -0.05) is 18.2 Å². The Hall–Kier alpha value is -1.84. The van der Waals surface area contributed by atoms with Crippen LogP contribution < -0.4 is 4.90 Å². The van der Waals surface area contributed by atoms with Crippen LogP contribution in [0.5, 0.6) is 0 Å². The van der Waals surface area contributed by atoms with E-state index < -0.39 is 6.09 Å². The maximum atomic E-state index is 11.9. The number of nitrogens with zero attached hydrogens (tertiary/aromatic N) is 1. The van der Waals surface area contributed by atoms with Crippen molar-refractivity contribution in [2.24, 2.45) is 0 Å². The van der Waals surface area contributed by atoms with E-state index in [1.807, 2.05) is 12.1 Å². The van der Waals surface area contributed by atoms with Crippen molar-refractivity contribution < 1.29 is 14.3 Å². The molecule has 84 valence electrons. The standard InChI is InChI=1S/C12H13NO3/c1-3-16-12(15)13-10-7-5-4-6-9(10)8(2)11(13)14/h4-8H,3H2,1-2H3. The average molecular weight is 219 g/mol. The molecule has 1 aliphatic rings. The van der Waals surface area contributed by atoms with E-state index in [2.05, 4.69) is 0 Å². The molecular weight excluding hydrogens is 206 g/mol. The van der Waals surface area contributed by atoms with Crippen LogP contribution in [0, 0.1) is 0 Å². The van der Waals surface area contributed by atoms with Crippen molar-refractivity contribution in [1.82, 2.24) is 0 Å². The fourth-order valence-electron chi connectivity index (χ4n) is 1.88. The maximum Gasteiger partial charge on any atom is 0.421 e. The quantitative estimate of drug-likeness (QED) is 0.728. The lowest BCUT2D eigenvalue weighted by molar-refractivity contribution is -0.118. The Morgan fingerprint density at radius 2 is 2.12 bits per heavy atom. The van der Waals surface area contributed by atoms with Crippen molar-refractivity contribution in [3.63, 3.8) is 0 Å². The number of hydrogen-bond acceptors (Lipinski definition) is 3. The lowest BCUT2D eigenvalue weighted by Gasteiger charge is -2.14. The number of amides is 2. The molecule has 0 aromatic heterocycles. The zero-order chi connectivity index (χ0) is 11.7. The molecule has 4 nitrogen and oxygen atoms in total. The van der Waals surface area contributed by atoms with E-state index in [-0.39, 0.29) is 18.4 Å². The Balaban J connectivity index is 2.41. The lowest BCUT2D eigenvalue weighted by atomic mass is 10.0. The number of para-hydroxylation sites is 1. The summed E-state index contributed by atoms with van der Waals surface area (Å²) in [5.41, 5.74) is 1.51. The van der Waals surface area contributed by atoms with E-state index in [9.17, 15) is 9.59 Å².